The summed E-state index contributed by atoms with van der Waals surface area (Å²) in [7, 11) is -0.488. The number of aromatic nitrogens is 1. The Bertz CT molecular complexity index is 1490. The van der Waals surface area contributed by atoms with Gasteiger partial charge in [-0.25, -0.2) is 0 Å². The third kappa shape index (κ3) is 4.53. The number of aromatic hydroxyl groups is 2. The van der Waals surface area contributed by atoms with Crippen molar-refractivity contribution in [2.24, 2.45) is 0 Å². The number of ether oxygens (including phenoxy) is 2. The van der Waals surface area contributed by atoms with Gasteiger partial charge in [0.25, 0.3) is 8.32 Å². The smallest absolute Gasteiger partial charge is 0.258 e. The van der Waals surface area contributed by atoms with Crippen LogP contribution in [-0.4, -0.2) is 42.4 Å². The molecule has 2 heterocycles. The second-order valence-electron chi connectivity index (χ2n) is 13.7. The molecule has 2 N–H and O–H groups in total. The number of hydrogen-bond acceptors (Lipinski definition) is 5. The predicted molar refractivity (Wildman–Crippen MR) is 174 cm³/mol. The van der Waals surface area contributed by atoms with Crippen LogP contribution >= 0.6 is 0 Å². The number of fused-ring (bicyclic) bond motifs is 6. The highest BCUT2D eigenvalue weighted by atomic mass is 28.4. The predicted octanol–water partition coefficient (Wildman–Crippen LogP) is 8.95. The van der Waals surface area contributed by atoms with E-state index in [9.17, 15) is 10.2 Å². The first kappa shape index (κ1) is 29.9. The fourth-order valence-corrected chi connectivity index (χ4v) is 14.0. The Morgan fingerprint density at radius 2 is 1.53 bits per heavy atom. The van der Waals surface area contributed by atoms with Crippen LogP contribution in [0.2, 0.25) is 16.6 Å². The SMILES string of the molecule is COC[C@@H]1C=C2[C@H](c3ccc(O[Si](C(C)C)(C(C)C)C(C)C)cc3OC23CCCC3)c2c1c(O)n(-c1ccccc1)c2O. The van der Waals surface area contributed by atoms with E-state index in [4.69, 9.17) is 13.9 Å². The summed E-state index contributed by atoms with van der Waals surface area (Å²) in [6.07, 6.45) is 6.28. The topological polar surface area (TPSA) is 73.1 Å². The molecule has 3 aliphatic rings. The lowest BCUT2D eigenvalue weighted by Gasteiger charge is -2.46. The zero-order valence-corrected chi connectivity index (χ0v) is 27.7. The lowest BCUT2D eigenvalue weighted by molar-refractivity contribution is 0.0937. The number of benzene rings is 2. The van der Waals surface area contributed by atoms with Gasteiger partial charge in [0, 0.05) is 41.7 Å². The van der Waals surface area contributed by atoms with E-state index in [-0.39, 0.29) is 23.6 Å². The fraction of sp³-hybridized carbons (Fsp3) is 0.500. The van der Waals surface area contributed by atoms with Gasteiger partial charge in [0.05, 0.1) is 12.3 Å². The highest BCUT2D eigenvalue weighted by molar-refractivity contribution is 6.78. The van der Waals surface area contributed by atoms with Crippen molar-refractivity contribution in [3.05, 3.63) is 76.9 Å². The van der Waals surface area contributed by atoms with Gasteiger partial charge in [-0.3, -0.25) is 4.57 Å². The summed E-state index contributed by atoms with van der Waals surface area (Å²) in [4.78, 5) is 0. The van der Waals surface area contributed by atoms with Crippen molar-refractivity contribution in [3.8, 4) is 28.9 Å². The Labute approximate surface area is 257 Å². The second-order valence-corrected chi connectivity index (χ2v) is 19.1. The zero-order valence-electron chi connectivity index (χ0n) is 26.7. The van der Waals surface area contributed by atoms with Gasteiger partial charge >= 0.3 is 0 Å². The molecule has 0 radical (unpaired) electrons. The lowest BCUT2D eigenvalue weighted by Crippen LogP contribution is -2.50. The highest BCUT2D eigenvalue weighted by Crippen LogP contribution is 2.61. The van der Waals surface area contributed by atoms with Crippen molar-refractivity contribution in [2.45, 2.75) is 101 Å². The molecule has 2 aliphatic carbocycles. The minimum atomic E-state index is -2.17. The maximum Gasteiger partial charge on any atom is 0.258 e. The maximum absolute atomic E-state index is 12.0. The molecule has 1 spiro atoms. The first-order valence-electron chi connectivity index (χ1n) is 16.0. The number of nitrogens with zero attached hydrogens (tertiary/aromatic N) is 1. The summed E-state index contributed by atoms with van der Waals surface area (Å²) in [5.74, 6) is 1.38. The van der Waals surface area contributed by atoms with E-state index in [0.717, 1.165) is 53.9 Å². The van der Waals surface area contributed by atoms with Gasteiger partial charge in [0.15, 0.2) is 0 Å². The van der Waals surface area contributed by atoms with E-state index in [1.165, 1.54) is 5.57 Å². The fourth-order valence-electron chi connectivity index (χ4n) is 8.72. The van der Waals surface area contributed by atoms with Gasteiger partial charge in [-0.2, -0.15) is 0 Å². The summed E-state index contributed by atoms with van der Waals surface area (Å²) in [6.45, 7) is 14.2. The Morgan fingerprint density at radius 1 is 0.907 bits per heavy atom. The molecular formula is C36H47NO5Si. The second kappa shape index (κ2) is 11.1. The molecule has 0 bridgehead atoms. The Kier molecular flexibility index (Phi) is 7.70. The molecule has 2 aromatic carbocycles. The van der Waals surface area contributed by atoms with Gasteiger partial charge in [0.2, 0.25) is 11.8 Å². The van der Waals surface area contributed by atoms with Crippen LogP contribution < -0.4 is 9.16 Å². The molecule has 1 saturated carbocycles. The van der Waals surface area contributed by atoms with Crippen LogP contribution in [0, 0.1) is 0 Å². The molecule has 0 unspecified atom stereocenters. The number of para-hydroxylation sites is 1. The number of hydrogen-bond donors (Lipinski definition) is 2. The van der Waals surface area contributed by atoms with E-state index in [1.807, 2.05) is 30.3 Å². The summed E-state index contributed by atoms with van der Waals surface area (Å²) in [6, 6.07) is 15.9. The largest absolute Gasteiger partial charge is 0.543 e. The Morgan fingerprint density at radius 3 is 2.14 bits per heavy atom. The van der Waals surface area contributed by atoms with E-state index in [2.05, 4.69) is 65.8 Å². The Balaban J connectivity index is 1.55. The molecule has 6 rings (SSSR count). The quantitative estimate of drug-likeness (QED) is 0.199. The van der Waals surface area contributed by atoms with Gasteiger partial charge in [-0.1, -0.05) is 71.9 Å². The van der Waals surface area contributed by atoms with Gasteiger partial charge in [0.1, 0.15) is 17.1 Å². The van der Waals surface area contributed by atoms with Crippen LogP contribution in [0.5, 0.6) is 23.3 Å². The van der Waals surface area contributed by atoms with Crippen LogP contribution in [0.15, 0.2) is 60.2 Å². The van der Waals surface area contributed by atoms with Crippen molar-refractivity contribution in [1.82, 2.24) is 4.57 Å². The van der Waals surface area contributed by atoms with Gasteiger partial charge in [-0.05, 0) is 66.1 Å². The third-order valence-corrected chi connectivity index (χ3v) is 16.5. The Hall–Kier alpha value is -3.16. The van der Waals surface area contributed by atoms with Crippen molar-refractivity contribution in [1.29, 1.82) is 0 Å². The maximum atomic E-state index is 12.0. The molecule has 0 amide bonds. The van der Waals surface area contributed by atoms with Gasteiger partial charge < -0.3 is 24.1 Å². The van der Waals surface area contributed by atoms with Crippen molar-refractivity contribution in [3.63, 3.8) is 0 Å². The number of methoxy groups -OCH3 is 1. The molecular weight excluding hydrogens is 554 g/mol. The minimum absolute atomic E-state index is 0.0612. The van der Waals surface area contributed by atoms with Crippen molar-refractivity contribution >= 4 is 8.32 Å². The molecule has 6 nitrogen and oxygen atoms in total. The van der Waals surface area contributed by atoms with Gasteiger partial charge in [-0.15, -0.1) is 0 Å². The van der Waals surface area contributed by atoms with Crippen molar-refractivity contribution < 1.29 is 24.1 Å². The summed E-state index contributed by atoms with van der Waals surface area (Å²) in [5.41, 5.74) is 5.28. The van der Waals surface area contributed by atoms with Crippen molar-refractivity contribution in [2.75, 3.05) is 13.7 Å². The summed E-state index contributed by atoms with van der Waals surface area (Å²) >= 11 is 0. The van der Waals surface area contributed by atoms with Crippen LogP contribution in [0.1, 0.15) is 95.8 Å². The number of rotatable bonds is 8. The average Bonchev–Trinajstić information content (AvgIpc) is 3.54. The molecule has 1 fully saturated rings. The van der Waals surface area contributed by atoms with Crippen LogP contribution in [0.4, 0.5) is 0 Å². The molecule has 43 heavy (non-hydrogen) atoms. The molecule has 230 valence electrons. The van der Waals surface area contributed by atoms with E-state index in [0.29, 0.717) is 28.9 Å². The van der Waals surface area contributed by atoms with E-state index in [1.54, 1.807) is 11.7 Å². The lowest BCUT2D eigenvalue weighted by atomic mass is 9.67. The summed E-state index contributed by atoms with van der Waals surface area (Å²) < 4.78 is 21.4. The zero-order chi connectivity index (χ0) is 30.7. The van der Waals surface area contributed by atoms with Crippen LogP contribution in [0.3, 0.4) is 0 Å². The van der Waals surface area contributed by atoms with E-state index < -0.39 is 13.9 Å². The minimum Gasteiger partial charge on any atom is -0.543 e. The first-order valence-corrected chi connectivity index (χ1v) is 18.1. The standard InChI is InChI=1S/C36H47NO5Si/c1-22(2)43(23(3)4,24(5)6)42-27-15-16-28-30(20-27)41-36(17-11-12-18-36)29-19-25(21-40-7)31-33(32(28)29)35(39)37(34(31)38)26-13-9-8-10-14-26/h8-10,13-16,19-20,22-25,32,38-39H,11-12,17-18,21H2,1-7H3/t25-,32-/m0/s1. The monoisotopic (exact) mass is 601 g/mol. The highest BCUT2D eigenvalue weighted by Gasteiger charge is 2.53. The van der Waals surface area contributed by atoms with E-state index >= 15 is 0 Å². The normalized spacial score (nSPS) is 20.7. The summed E-state index contributed by atoms with van der Waals surface area (Å²) in [5, 5.41) is 23.7. The molecule has 3 aromatic rings. The molecule has 1 aliphatic heterocycles. The first-order chi connectivity index (χ1) is 20.6. The van der Waals surface area contributed by atoms with Crippen LogP contribution in [-0.2, 0) is 4.74 Å². The average molecular weight is 602 g/mol. The van der Waals surface area contributed by atoms with Crippen LogP contribution in [0.25, 0.3) is 5.69 Å². The molecule has 7 heteroatoms. The third-order valence-electron chi connectivity index (χ3n) is 10.4. The molecule has 0 saturated heterocycles. The molecule has 2 atom stereocenters. The molecule has 1 aromatic heterocycles.